The minimum atomic E-state index is -4.57. The number of pyridine rings is 2. The standard InChI is InChI=1S/C22H17F3N4O/c1-12-6-19(21(30)28-11-16-7-13(10-26)4-5-27-16)29-20-17(12)8-15(14-2-3-14)9-18(20)22(23,24)25/h4-9,14H,2-3,11H2,1H3,(H,28,30). The van der Waals surface area contributed by atoms with Crippen molar-refractivity contribution < 1.29 is 18.0 Å². The fraction of sp³-hybridized carbons (Fsp3) is 0.273. The lowest BCUT2D eigenvalue weighted by Crippen LogP contribution is -2.24. The molecule has 1 fully saturated rings. The number of alkyl halides is 3. The van der Waals surface area contributed by atoms with Crippen molar-refractivity contribution in [2.45, 2.75) is 38.4 Å². The molecule has 1 amide bonds. The number of halogens is 3. The van der Waals surface area contributed by atoms with E-state index < -0.39 is 17.6 Å². The number of hydrogen-bond acceptors (Lipinski definition) is 4. The van der Waals surface area contributed by atoms with Gasteiger partial charge >= 0.3 is 6.18 Å². The van der Waals surface area contributed by atoms with E-state index >= 15 is 0 Å². The van der Waals surface area contributed by atoms with Crippen molar-refractivity contribution in [1.29, 1.82) is 5.26 Å². The minimum absolute atomic E-state index is 0.0276. The van der Waals surface area contributed by atoms with E-state index in [4.69, 9.17) is 5.26 Å². The molecule has 0 aliphatic heterocycles. The molecule has 152 valence electrons. The molecule has 8 heteroatoms. The van der Waals surface area contributed by atoms with Crippen LogP contribution in [0.4, 0.5) is 13.2 Å². The molecule has 1 saturated carbocycles. The van der Waals surface area contributed by atoms with E-state index in [9.17, 15) is 18.0 Å². The number of carbonyl (C=O) groups excluding carboxylic acids is 1. The summed E-state index contributed by atoms with van der Waals surface area (Å²) in [5, 5.41) is 11.9. The van der Waals surface area contributed by atoms with Gasteiger partial charge in [-0.3, -0.25) is 9.78 Å². The van der Waals surface area contributed by atoms with Crippen LogP contribution in [0.3, 0.4) is 0 Å². The van der Waals surface area contributed by atoms with Crippen LogP contribution in [0, 0.1) is 18.3 Å². The Labute approximate surface area is 170 Å². The first-order chi connectivity index (χ1) is 14.3. The quantitative estimate of drug-likeness (QED) is 0.680. The highest BCUT2D eigenvalue weighted by Crippen LogP contribution is 2.44. The predicted molar refractivity (Wildman–Crippen MR) is 104 cm³/mol. The second-order valence-electron chi connectivity index (χ2n) is 7.39. The second kappa shape index (κ2) is 7.41. The van der Waals surface area contributed by atoms with Crippen LogP contribution in [0.25, 0.3) is 10.9 Å². The van der Waals surface area contributed by atoms with Gasteiger partial charge in [0.05, 0.1) is 35.0 Å². The lowest BCUT2D eigenvalue weighted by Gasteiger charge is -2.15. The van der Waals surface area contributed by atoms with Crippen LogP contribution in [-0.2, 0) is 12.7 Å². The Kier molecular flexibility index (Phi) is 4.90. The Morgan fingerprint density at radius 3 is 2.70 bits per heavy atom. The van der Waals surface area contributed by atoms with Gasteiger partial charge in [-0.2, -0.15) is 18.4 Å². The number of nitriles is 1. The van der Waals surface area contributed by atoms with E-state index in [1.165, 1.54) is 24.4 Å². The Morgan fingerprint density at radius 1 is 1.27 bits per heavy atom. The second-order valence-corrected chi connectivity index (χ2v) is 7.39. The summed E-state index contributed by atoms with van der Waals surface area (Å²) < 4.78 is 41.1. The van der Waals surface area contributed by atoms with Crippen LogP contribution < -0.4 is 5.32 Å². The number of fused-ring (bicyclic) bond motifs is 1. The molecule has 5 nitrogen and oxygen atoms in total. The SMILES string of the molecule is Cc1cc(C(=O)NCc2cc(C#N)ccn2)nc2c(C(F)(F)F)cc(C3CC3)cc12. The molecule has 1 aliphatic rings. The molecule has 0 radical (unpaired) electrons. The van der Waals surface area contributed by atoms with Gasteiger partial charge in [-0.15, -0.1) is 0 Å². The Morgan fingerprint density at radius 2 is 2.03 bits per heavy atom. The molecule has 0 atom stereocenters. The largest absolute Gasteiger partial charge is 0.418 e. The van der Waals surface area contributed by atoms with Gasteiger partial charge in [0.15, 0.2) is 0 Å². The van der Waals surface area contributed by atoms with Gasteiger partial charge in [0, 0.05) is 11.6 Å². The summed E-state index contributed by atoms with van der Waals surface area (Å²) in [4.78, 5) is 20.7. The van der Waals surface area contributed by atoms with Gasteiger partial charge in [0.25, 0.3) is 5.91 Å². The Balaban J connectivity index is 1.68. The maximum atomic E-state index is 13.7. The van der Waals surface area contributed by atoms with Crippen LogP contribution in [0.1, 0.15) is 57.2 Å². The molecule has 2 heterocycles. The number of aryl methyl sites for hydroxylation is 1. The average molecular weight is 410 g/mol. The van der Waals surface area contributed by atoms with Gasteiger partial charge in [0.1, 0.15) is 5.69 Å². The monoisotopic (exact) mass is 410 g/mol. The van der Waals surface area contributed by atoms with E-state index in [0.717, 1.165) is 18.9 Å². The summed E-state index contributed by atoms with van der Waals surface area (Å²) in [7, 11) is 0. The molecule has 0 saturated heterocycles. The first-order valence-corrected chi connectivity index (χ1v) is 9.42. The molecule has 1 aromatic carbocycles. The first kappa shape index (κ1) is 19.8. The Hall–Kier alpha value is -3.47. The molecule has 4 rings (SSSR count). The number of nitrogens with zero attached hydrogens (tertiary/aromatic N) is 3. The lowest BCUT2D eigenvalue weighted by molar-refractivity contribution is -0.136. The summed E-state index contributed by atoms with van der Waals surface area (Å²) in [6.07, 6.45) is -1.35. The van der Waals surface area contributed by atoms with Crippen molar-refractivity contribution in [2.24, 2.45) is 0 Å². The van der Waals surface area contributed by atoms with Crippen molar-refractivity contribution >= 4 is 16.8 Å². The van der Waals surface area contributed by atoms with E-state index in [0.29, 0.717) is 27.8 Å². The van der Waals surface area contributed by atoms with Crippen molar-refractivity contribution in [3.8, 4) is 6.07 Å². The fourth-order valence-corrected chi connectivity index (χ4v) is 3.40. The van der Waals surface area contributed by atoms with Crippen molar-refractivity contribution in [3.05, 3.63) is 70.2 Å². The summed E-state index contributed by atoms with van der Waals surface area (Å²) >= 11 is 0. The van der Waals surface area contributed by atoms with Crippen molar-refractivity contribution in [3.63, 3.8) is 0 Å². The zero-order chi connectivity index (χ0) is 21.5. The maximum Gasteiger partial charge on any atom is 0.418 e. The van der Waals surface area contributed by atoms with Crippen LogP contribution in [0.2, 0.25) is 0 Å². The third-order valence-corrected chi connectivity index (χ3v) is 5.11. The molecular formula is C22H17F3N4O. The molecule has 1 aliphatic carbocycles. The van der Waals surface area contributed by atoms with Crippen LogP contribution in [-0.4, -0.2) is 15.9 Å². The number of benzene rings is 1. The van der Waals surface area contributed by atoms with E-state index in [1.807, 2.05) is 6.07 Å². The van der Waals surface area contributed by atoms with Crippen molar-refractivity contribution in [1.82, 2.24) is 15.3 Å². The highest BCUT2D eigenvalue weighted by atomic mass is 19.4. The van der Waals surface area contributed by atoms with E-state index in [2.05, 4.69) is 15.3 Å². The van der Waals surface area contributed by atoms with E-state index in [-0.39, 0.29) is 23.7 Å². The van der Waals surface area contributed by atoms with Crippen LogP contribution in [0.15, 0.2) is 36.5 Å². The number of amides is 1. The van der Waals surface area contributed by atoms with Crippen LogP contribution >= 0.6 is 0 Å². The minimum Gasteiger partial charge on any atom is -0.345 e. The number of aromatic nitrogens is 2. The molecule has 3 aromatic rings. The summed E-state index contributed by atoms with van der Waals surface area (Å²) in [6.45, 7) is 1.70. The predicted octanol–water partition coefficient (Wildman–Crippen LogP) is 4.64. The summed E-state index contributed by atoms with van der Waals surface area (Å²) in [5.74, 6) is -0.446. The number of hydrogen-bond donors (Lipinski definition) is 1. The lowest BCUT2D eigenvalue weighted by atomic mass is 9.98. The molecule has 2 aromatic heterocycles. The molecule has 30 heavy (non-hydrogen) atoms. The zero-order valence-electron chi connectivity index (χ0n) is 16.0. The first-order valence-electron chi connectivity index (χ1n) is 9.42. The smallest absolute Gasteiger partial charge is 0.345 e. The third kappa shape index (κ3) is 3.96. The zero-order valence-corrected chi connectivity index (χ0v) is 16.0. The molecule has 0 unspecified atom stereocenters. The molecular weight excluding hydrogens is 393 g/mol. The Bertz CT molecular complexity index is 1190. The summed E-state index contributed by atoms with van der Waals surface area (Å²) in [6, 6.07) is 9.45. The molecule has 0 bridgehead atoms. The van der Waals surface area contributed by atoms with Gasteiger partial charge in [0.2, 0.25) is 0 Å². The normalized spacial score (nSPS) is 13.8. The van der Waals surface area contributed by atoms with E-state index in [1.54, 1.807) is 13.0 Å². The van der Waals surface area contributed by atoms with Gasteiger partial charge in [-0.1, -0.05) is 0 Å². The van der Waals surface area contributed by atoms with Crippen LogP contribution in [0.5, 0.6) is 0 Å². The third-order valence-electron chi connectivity index (χ3n) is 5.11. The number of nitrogens with one attached hydrogen (secondary N) is 1. The molecule has 0 spiro atoms. The average Bonchev–Trinajstić information content (AvgIpc) is 3.56. The topological polar surface area (TPSA) is 78.7 Å². The van der Waals surface area contributed by atoms with Gasteiger partial charge in [-0.25, -0.2) is 4.98 Å². The number of rotatable bonds is 4. The molecule has 1 N–H and O–H groups in total. The van der Waals surface area contributed by atoms with Gasteiger partial charge in [-0.05, 0) is 67.1 Å². The maximum absolute atomic E-state index is 13.7. The summed E-state index contributed by atoms with van der Waals surface area (Å²) in [5.41, 5.74) is 0.953. The van der Waals surface area contributed by atoms with Crippen molar-refractivity contribution in [2.75, 3.05) is 0 Å². The highest BCUT2D eigenvalue weighted by molar-refractivity contribution is 5.96. The fourth-order valence-electron chi connectivity index (χ4n) is 3.40. The number of carbonyl (C=O) groups is 1. The van der Waals surface area contributed by atoms with Gasteiger partial charge < -0.3 is 5.32 Å². The highest BCUT2D eigenvalue weighted by Gasteiger charge is 2.36.